The van der Waals surface area contributed by atoms with Crippen LogP contribution in [0.1, 0.15) is 40.5 Å². The van der Waals surface area contributed by atoms with Gasteiger partial charge in [-0.3, -0.25) is 4.79 Å². The zero-order valence-electron chi connectivity index (χ0n) is 13.8. The average Bonchev–Trinajstić information content (AvgIpc) is 2.82. The van der Waals surface area contributed by atoms with Crippen LogP contribution in [0, 0.1) is 11.8 Å². The van der Waals surface area contributed by atoms with E-state index >= 15 is 0 Å². The first-order valence-electron chi connectivity index (χ1n) is 7.71. The van der Waals surface area contributed by atoms with Crippen LogP contribution < -0.4 is 11.1 Å². The lowest BCUT2D eigenvalue weighted by atomic mass is 10.0. The number of hydrogen-bond donors (Lipinski definition) is 2. The maximum absolute atomic E-state index is 12.3. The number of ether oxygens (including phenoxy) is 2. The van der Waals surface area contributed by atoms with Crippen LogP contribution in [0.3, 0.4) is 0 Å². The average molecular weight is 337 g/mol. The number of esters is 1. The van der Waals surface area contributed by atoms with Crippen LogP contribution >= 0.6 is 12.4 Å². The van der Waals surface area contributed by atoms with Crippen molar-refractivity contribution in [2.75, 3.05) is 13.2 Å². The fraction of sp³-hybridized carbons (Fsp3) is 0.867. The number of rotatable bonds is 8. The van der Waals surface area contributed by atoms with Crippen LogP contribution in [0.25, 0.3) is 0 Å². The van der Waals surface area contributed by atoms with Gasteiger partial charge in [-0.1, -0.05) is 34.1 Å². The Balaban J connectivity index is 0.00000441. The normalized spacial score (nSPS) is 21.7. The predicted molar refractivity (Wildman–Crippen MR) is 86.8 cm³/mol. The summed E-state index contributed by atoms with van der Waals surface area (Å²) in [5.41, 5.74) is 6.03. The molecule has 1 aliphatic rings. The number of hydrogen-bond acceptors (Lipinski definition) is 5. The molecule has 0 aromatic rings. The van der Waals surface area contributed by atoms with Crippen LogP contribution in [0.5, 0.6) is 0 Å². The minimum atomic E-state index is -0.603. The second kappa shape index (κ2) is 10.0. The number of halogens is 1. The van der Waals surface area contributed by atoms with Crippen molar-refractivity contribution >= 4 is 24.3 Å². The van der Waals surface area contributed by atoms with Crippen LogP contribution in [0.2, 0.25) is 0 Å². The van der Waals surface area contributed by atoms with Crippen LogP contribution in [0.4, 0.5) is 0 Å². The first-order valence-corrected chi connectivity index (χ1v) is 7.71. The van der Waals surface area contributed by atoms with Crippen molar-refractivity contribution in [1.29, 1.82) is 0 Å². The topological polar surface area (TPSA) is 90.7 Å². The van der Waals surface area contributed by atoms with Gasteiger partial charge in [0.2, 0.25) is 5.91 Å². The highest BCUT2D eigenvalue weighted by Crippen LogP contribution is 2.13. The fourth-order valence-corrected chi connectivity index (χ4v) is 2.13. The molecule has 7 heteroatoms. The Hall–Kier alpha value is -0.850. The number of amides is 1. The van der Waals surface area contributed by atoms with Gasteiger partial charge in [0.15, 0.2) is 0 Å². The molecular formula is C15H29ClN2O4. The van der Waals surface area contributed by atoms with E-state index in [-0.39, 0.29) is 36.2 Å². The highest BCUT2D eigenvalue weighted by atomic mass is 35.5. The van der Waals surface area contributed by atoms with Gasteiger partial charge in [0.05, 0.1) is 13.2 Å². The molecule has 1 amide bonds. The first-order chi connectivity index (χ1) is 9.86. The van der Waals surface area contributed by atoms with Crippen molar-refractivity contribution < 1.29 is 19.1 Å². The maximum atomic E-state index is 12.3. The summed E-state index contributed by atoms with van der Waals surface area (Å²) in [7, 11) is 0. The standard InChI is InChI=1S/C15H28N2O4.ClH/c1-5-10(4)11(16)8-21-13(9(2)3)14(18)17-12-6-7-20-15(12)19;/h9-13H,5-8,16H2,1-4H3,(H,17,18);1H/t10-,11?,12-,13?;/m0./s1. The molecule has 0 bridgehead atoms. The van der Waals surface area contributed by atoms with Crippen LogP contribution in [0.15, 0.2) is 0 Å². The minimum absolute atomic E-state index is 0. The molecule has 3 N–H and O–H groups in total. The summed E-state index contributed by atoms with van der Waals surface area (Å²) in [5.74, 6) is -0.301. The Morgan fingerprint density at radius 3 is 2.55 bits per heavy atom. The zero-order valence-corrected chi connectivity index (χ0v) is 14.7. The van der Waals surface area contributed by atoms with Crippen molar-refractivity contribution in [3.8, 4) is 0 Å². The third-order valence-corrected chi connectivity index (χ3v) is 3.96. The van der Waals surface area contributed by atoms with Gasteiger partial charge in [0.1, 0.15) is 12.1 Å². The molecule has 22 heavy (non-hydrogen) atoms. The summed E-state index contributed by atoms with van der Waals surface area (Å²) in [5, 5.41) is 2.70. The van der Waals surface area contributed by atoms with Crippen LogP contribution in [-0.2, 0) is 19.1 Å². The molecule has 0 radical (unpaired) electrons. The largest absolute Gasteiger partial charge is 0.464 e. The Morgan fingerprint density at radius 1 is 1.45 bits per heavy atom. The molecule has 0 saturated carbocycles. The number of cyclic esters (lactones) is 1. The minimum Gasteiger partial charge on any atom is -0.464 e. The van der Waals surface area contributed by atoms with Gasteiger partial charge in [-0.05, 0) is 11.8 Å². The van der Waals surface area contributed by atoms with Crippen molar-refractivity contribution in [3.63, 3.8) is 0 Å². The molecular weight excluding hydrogens is 308 g/mol. The number of carbonyl (C=O) groups excluding carboxylic acids is 2. The molecule has 0 aliphatic carbocycles. The molecule has 0 aromatic heterocycles. The lowest BCUT2D eigenvalue weighted by Gasteiger charge is -2.25. The van der Waals surface area contributed by atoms with Gasteiger partial charge in [-0.25, -0.2) is 4.79 Å². The molecule has 4 atom stereocenters. The molecule has 0 aromatic carbocycles. The van der Waals surface area contributed by atoms with Gasteiger partial charge in [0.25, 0.3) is 0 Å². The number of nitrogens with one attached hydrogen (secondary N) is 1. The summed E-state index contributed by atoms with van der Waals surface area (Å²) < 4.78 is 10.5. The zero-order chi connectivity index (χ0) is 16.0. The van der Waals surface area contributed by atoms with Gasteiger partial charge in [-0.2, -0.15) is 0 Å². The fourth-order valence-electron chi connectivity index (χ4n) is 2.13. The van der Waals surface area contributed by atoms with Crippen molar-refractivity contribution in [1.82, 2.24) is 5.32 Å². The maximum Gasteiger partial charge on any atom is 0.328 e. The van der Waals surface area contributed by atoms with Crippen molar-refractivity contribution in [2.24, 2.45) is 17.6 Å². The lowest BCUT2D eigenvalue weighted by molar-refractivity contribution is -0.144. The van der Waals surface area contributed by atoms with E-state index < -0.39 is 12.1 Å². The lowest BCUT2D eigenvalue weighted by Crippen LogP contribution is -2.47. The predicted octanol–water partition coefficient (Wildman–Crippen LogP) is 1.25. The van der Waals surface area contributed by atoms with E-state index in [1.807, 2.05) is 13.8 Å². The van der Waals surface area contributed by atoms with Gasteiger partial charge < -0.3 is 20.5 Å². The van der Waals surface area contributed by atoms with Gasteiger partial charge in [0, 0.05) is 12.5 Å². The first kappa shape index (κ1) is 21.1. The van der Waals surface area contributed by atoms with E-state index in [1.165, 1.54) is 0 Å². The molecule has 2 unspecified atom stereocenters. The molecule has 0 spiro atoms. The molecule has 1 heterocycles. The summed E-state index contributed by atoms with van der Waals surface area (Å²) >= 11 is 0. The monoisotopic (exact) mass is 336 g/mol. The molecule has 6 nitrogen and oxygen atoms in total. The Labute approximate surface area is 138 Å². The molecule has 130 valence electrons. The quantitative estimate of drug-likeness (QED) is 0.651. The smallest absolute Gasteiger partial charge is 0.328 e. The van der Waals surface area contributed by atoms with Gasteiger partial charge >= 0.3 is 5.97 Å². The molecule has 1 saturated heterocycles. The summed E-state index contributed by atoms with van der Waals surface area (Å²) in [4.78, 5) is 23.7. The van der Waals surface area contributed by atoms with E-state index in [9.17, 15) is 9.59 Å². The summed E-state index contributed by atoms with van der Waals surface area (Å²) in [6, 6.07) is -0.647. The Bertz CT molecular complexity index is 365. The third kappa shape index (κ3) is 6.10. The highest BCUT2D eigenvalue weighted by molar-refractivity contribution is 5.87. The summed E-state index contributed by atoms with van der Waals surface area (Å²) in [6.45, 7) is 8.64. The van der Waals surface area contributed by atoms with Crippen molar-refractivity contribution in [3.05, 3.63) is 0 Å². The van der Waals surface area contributed by atoms with Crippen molar-refractivity contribution in [2.45, 2.75) is 58.7 Å². The number of nitrogens with two attached hydrogens (primary N) is 1. The Kier molecular flexibility index (Phi) is 9.64. The molecule has 1 fully saturated rings. The van der Waals surface area contributed by atoms with Gasteiger partial charge in [-0.15, -0.1) is 12.4 Å². The second-order valence-electron chi connectivity index (χ2n) is 6.06. The molecule has 1 aliphatic heterocycles. The highest BCUT2D eigenvalue weighted by Gasteiger charge is 2.32. The van der Waals surface area contributed by atoms with E-state index in [0.29, 0.717) is 25.6 Å². The summed E-state index contributed by atoms with van der Waals surface area (Å²) in [6.07, 6.45) is 0.882. The Morgan fingerprint density at radius 2 is 2.09 bits per heavy atom. The SMILES string of the molecule is CC[C@H](C)C(N)COC(C(=O)N[C@H]1CCOC1=O)C(C)C.Cl. The third-order valence-electron chi connectivity index (χ3n) is 3.96. The van der Waals surface area contributed by atoms with E-state index in [1.54, 1.807) is 0 Å². The van der Waals surface area contributed by atoms with E-state index in [2.05, 4.69) is 19.2 Å². The van der Waals surface area contributed by atoms with Crippen LogP contribution in [-0.4, -0.2) is 43.3 Å². The second-order valence-corrected chi connectivity index (χ2v) is 6.06. The van der Waals surface area contributed by atoms with E-state index in [0.717, 1.165) is 6.42 Å². The molecule has 1 rings (SSSR count). The van der Waals surface area contributed by atoms with E-state index in [4.69, 9.17) is 15.2 Å². The number of carbonyl (C=O) groups is 2.